The summed E-state index contributed by atoms with van der Waals surface area (Å²) in [6.45, 7) is 3.50. The van der Waals surface area contributed by atoms with E-state index < -0.39 is 0 Å². The molecule has 0 aliphatic carbocycles. The smallest absolute Gasteiger partial charge is 0.159 e. The van der Waals surface area contributed by atoms with Crippen LogP contribution in [0.15, 0.2) is 49.1 Å². The van der Waals surface area contributed by atoms with Gasteiger partial charge in [0, 0.05) is 6.42 Å². The number of ether oxygens (including phenoxy) is 1. The molecule has 0 spiro atoms. The summed E-state index contributed by atoms with van der Waals surface area (Å²) in [4.78, 5) is 11.4. The van der Waals surface area contributed by atoms with Gasteiger partial charge in [-0.2, -0.15) is 0 Å². The van der Waals surface area contributed by atoms with Crippen molar-refractivity contribution in [2.24, 2.45) is 0 Å². The van der Waals surface area contributed by atoms with E-state index in [4.69, 9.17) is 4.74 Å². The number of methoxy groups -OCH3 is 1. The monoisotopic (exact) mass is 226 g/mol. The van der Waals surface area contributed by atoms with Crippen LogP contribution < -0.4 is 4.74 Å². The van der Waals surface area contributed by atoms with Crippen molar-refractivity contribution < 1.29 is 9.53 Å². The van der Waals surface area contributed by atoms with Gasteiger partial charge < -0.3 is 4.74 Å². The van der Waals surface area contributed by atoms with E-state index in [0.717, 1.165) is 22.1 Å². The van der Waals surface area contributed by atoms with Crippen molar-refractivity contribution in [2.75, 3.05) is 7.11 Å². The normalized spacial score (nSPS) is 10.2. The first-order valence-corrected chi connectivity index (χ1v) is 5.45. The molecule has 0 atom stereocenters. The minimum atomic E-state index is 0.0281. The van der Waals surface area contributed by atoms with E-state index in [2.05, 4.69) is 6.58 Å². The number of carbonyl (C=O) groups excluding carboxylic acids is 1. The Labute approximate surface area is 101 Å². The molecule has 0 aromatic heterocycles. The average molecular weight is 226 g/mol. The lowest BCUT2D eigenvalue weighted by atomic mass is 10.0. The number of benzene rings is 2. The number of carbonyl (C=O) groups is 1. The Morgan fingerprint density at radius 1 is 1.35 bits per heavy atom. The molecule has 0 radical (unpaired) electrons. The van der Waals surface area contributed by atoms with Gasteiger partial charge >= 0.3 is 0 Å². The van der Waals surface area contributed by atoms with Gasteiger partial charge in [0.15, 0.2) is 5.78 Å². The molecule has 0 unspecified atom stereocenters. The van der Waals surface area contributed by atoms with Crippen LogP contribution >= 0.6 is 0 Å². The van der Waals surface area contributed by atoms with Crippen molar-refractivity contribution in [3.05, 3.63) is 54.6 Å². The molecule has 2 heteroatoms. The largest absolute Gasteiger partial charge is 0.497 e. The molecule has 0 aliphatic rings. The maximum atomic E-state index is 11.4. The van der Waals surface area contributed by atoms with Gasteiger partial charge in [-0.05, 0) is 34.5 Å². The molecule has 0 heterocycles. The maximum absolute atomic E-state index is 11.4. The second-order valence-electron chi connectivity index (χ2n) is 3.85. The van der Waals surface area contributed by atoms with Crippen LogP contribution in [0.25, 0.3) is 10.8 Å². The Kier molecular flexibility index (Phi) is 3.24. The van der Waals surface area contributed by atoms with Crippen LogP contribution in [0.1, 0.15) is 5.56 Å². The van der Waals surface area contributed by atoms with Crippen molar-refractivity contribution in [1.29, 1.82) is 0 Å². The lowest BCUT2D eigenvalue weighted by molar-refractivity contribution is -0.113. The van der Waals surface area contributed by atoms with E-state index in [1.807, 2.05) is 36.4 Å². The van der Waals surface area contributed by atoms with E-state index in [1.165, 1.54) is 6.08 Å². The van der Waals surface area contributed by atoms with Gasteiger partial charge in [-0.3, -0.25) is 4.79 Å². The van der Waals surface area contributed by atoms with E-state index >= 15 is 0 Å². The van der Waals surface area contributed by atoms with Gasteiger partial charge in [-0.1, -0.05) is 30.8 Å². The Balaban J connectivity index is 2.54. The molecule has 0 saturated carbocycles. The third kappa shape index (κ3) is 2.36. The first kappa shape index (κ1) is 11.4. The highest BCUT2D eigenvalue weighted by molar-refractivity contribution is 5.95. The lowest BCUT2D eigenvalue weighted by Crippen LogP contribution is -1.98. The van der Waals surface area contributed by atoms with Gasteiger partial charge in [0.2, 0.25) is 0 Å². The van der Waals surface area contributed by atoms with Crippen LogP contribution in [0.4, 0.5) is 0 Å². The van der Waals surface area contributed by atoms with Gasteiger partial charge in [-0.25, -0.2) is 0 Å². The Morgan fingerprint density at radius 3 is 2.88 bits per heavy atom. The maximum Gasteiger partial charge on any atom is 0.159 e. The van der Waals surface area contributed by atoms with Crippen molar-refractivity contribution in [1.82, 2.24) is 0 Å². The molecule has 0 aliphatic heterocycles. The number of hydrogen-bond donors (Lipinski definition) is 0. The van der Waals surface area contributed by atoms with Crippen LogP contribution in [0.2, 0.25) is 0 Å². The van der Waals surface area contributed by atoms with Crippen LogP contribution in [-0.4, -0.2) is 12.9 Å². The molecule has 86 valence electrons. The van der Waals surface area contributed by atoms with Crippen LogP contribution in [0.5, 0.6) is 5.75 Å². The minimum Gasteiger partial charge on any atom is -0.497 e. The van der Waals surface area contributed by atoms with E-state index in [-0.39, 0.29) is 5.78 Å². The van der Waals surface area contributed by atoms with Crippen LogP contribution in [0.3, 0.4) is 0 Å². The Morgan fingerprint density at radius 2 is 2.18 bits per heavy atom. The molecule has 0 N–H and O–H groups in total. The average Bonchev–Trinajstić information content (AvgIpc) is 2.38. The standard InChI is InChI=1S/C15H14O2/c1-3-13(16)9-12-6-4-5-11-7-8-14(17-2)10-15(11)12/h3-8,10H,1,9H2,2H3. The third-order valence-electron chi connectivity index (χ3n) is 2.77. The van der Waals surface area contributed by atoms with Crippen molar-refractivity contribution >= 4 is 16.6 Å². The van der Waals surface area contributed by atoms with Gasteiger partial charge in [0.05, 0.1) is 7.11 Å². The molecular weight excluding hydrogens is 212 g/mol. The topological polar surface area (TPSA) is 26.3 Å². The highest BCUT2D eigenvalue weighted by Gasteiger charge is 2.05. The lowest BCUT2D eigenvalue weighted by Gasteiger charge is -2.07. The highest BCUT2D eigenvalue weighted by atomic mass is 16.5. The van der Waals surface area contributed by atoms with Crippen LogP contribution in [0, 0.1) is 0 Å². The Bertz CT molecular complexity index is 570. The molecule has 2 rings (SSSR count). The first-order valence-electron chi connectivity index (χ1n) is 5.45. The molecule has 17 heavy (non-hydrogen) atoms. The van der Waals surface area contributed by atoms with Gasteiger partial charge in [-0.15, -0.1) is 0 Å². The summed E-state index contributed by atoms with van der Waals surface area (Å²) in [5.74, 6) is 0.830. The van der Waals surface area contributed by atoms with E-state index in [0.29, 0.717) is 6.42 Å². The fraction of sp³-hybridized carbons (Fsp3) is 0.133. The summed E-state index contributed by atoms with van der Waals surface area (Å²) in [5, 5.41) is 2.17. The van der Waals surface area contributed by atoms with Crippen LogP contribution in [-0.2, 0) is 11.2 Å². The summed E-state index contributed by atoms with van der Waals surface area (Å²) in [6.07, 6.45) is 1.74. The summed E-state index contributed by atoms with van der Waals surface area (Å²) in [6, 6.07) is 11.8. The van der Waals surface area contributed by atoms with Gasteiger partial charge in [0.1, 0.15) is 5.75 Å². The van der Waals surface area contributed by atoms with E-state index in [9.17, 15) is 4.79 Å². The number of allylic oxidation sites excluding steroid dienone is 1. The fourth-order valence-corrected chi connectivity index (χ4v) is 1.86. The van der Waals surface area contributed by atoms with E-state index in [1.54, 1.807) is 7.11 Å². The molecule has 0 fully saturated rings. The fourth-order valence-electron chi connectivity index (χ4n) is 1.86. The number of hydrogen-bond acceptors (Lipinski definition) is 2. The molecule has 2 nitrogen and oxygen atoms in total. The second kappa shape index (κ2) is 4.83. The number of fused-ring (bicyclic) bond motifs is 1. The zero-order valence-corrected chi connectivity index (χ0v) is 9.77. The minimum absolute atomic E-state index is 0.0281. The zero-order valence-electron chi connectivity index (χ0n) is 9.77. The molecular formula is C15H14O2. The summed E-state index contributed by atoms with van der Waals surface area (Å²) < 4.78 is 5.20. The zero-order chi connectivity index (χ0) is 12.3. The highest BCUT2D eigenvalue weighted by Crippen LogP contribution is 2.24. The molecule has 2 aromatic rings. The Hall–Kier alpha value is -2.09. The van der Waals surface area contributed by atoms with Crippen molar-refractivity contribution in [3.63, 3.8) is 0 Å². The molecule has 2 aromatic carbocycles. The predicted octanol–water partition coefficient (Wildman–Crippen LogP) is 3.15. The SMILES string of the molecule is C=CC(=O)Cc1cccc2ccc(OC)cc12. The first-order chi connectivity index (χ1) is 8.24. The second-order valence-corrected chi connectivity index (χ2v) is 3.85. The number of ketones is 1. The summed E-state index contributed by atoms with van der Waals surface area (Å²) >= 11 is 0. The molecule has 0 saturated heterocycles. The molecule has 0 amide bonds. The summed E-state index contributed by atoms with van der Waals surface area (Å²) in [5.41, 5.74) is 1.01. The van der Waals surface area contributed by atoms with Gasteiger partial charge in [0.25, 0.3) is 0 Å². The third-order valence-corrected chi connectivity index (χ3v) is 2.77. The quantitative estimate of drug-likeness (QED) is 0.748. The van der Waals surface area contributed by atoms with Crippen molar-refractivity contribution in [2.45, 2.75) is 6.42 Å². The van der Waals surface area contributed by atoms with Crippen molar-refractivity contribution in [3.8, 4) is 5.75 Å². The predicted molar refractivity (Wildman–Crippen MR) is 69.4 cm³/mol. The number of rotatable bonds is 4. The summed E-state index contributed by atoms with van der Waals surface area (Å²) in [7, 11) is 1.64. The molecule has 0 bridgehead atoms.